The Morgan fingerprint density at radius 3 is 2.68 bits per heavy atom. The lowest BCUT2D eigenvalue weighted by Crippen LogP contribution is -2.44. The van der Waals surface area contributed by atoms with Crippen LogP contribution >= 0.6 is 11.3 Å². The van der Waals surface area contributed by atoms with Crippen LogP contribution in [0, 0.1) is 5.92 Å². The van der Waals surface area contributed by atoms with E-state index in [1.807, 2.05) is 0 Å². The summed E-state index contributed by atoms with van der Waals surface area (Å²) in [5.74, 6) is -0.994. The maximum absolute atomic E-state index is 12.9. The Balaban J connectivity index is 1.80. The Morgan fingerprint density at radius 1 is 1.21 bits per heavy atom. The number of piperidine rings is 1. The van der Waals surface area contributed by atoms with Gasteiger partial charge in [-0.05, 0) is 57.9 Å². The van der Waals surface area contributed by atoms with Gasteiger partial charge in [0, 0.05) is 18.0 Å². The Bertz CT molecular complexity index is 847. The average Bonchev–Trinajstić information content (AvgIpc) is 3.06. The highest BCUT2D eigenvalue weighted by molar-refractivity contribution is 7.89. The lowest BCUT2D eigenvalue weighted by Gasteiger charge is -2.30. The second-order valence-corrected chi connectivity index (χ2v) is 10.6. The fraction of sp³-hybridized carbons (Fsp3) is 0.684. The zero-order valence-corrected chi connectivity index (χ0v) is 18.1. The van der Waals surface area contributed by atoms with Gasteiger partial charge >= 0.3 is 5.97 Å². The van der Waals surface area contributed by atoms with Gasteiger partial charge in [-0.2, -0.15) is 0 Å². The quantitative estimate of drug-likeness (QED) is 0.704. The standard InChI is InChI=1S/C19H28N2O5S2/c1-3-26-19(23)16-14-9-5-6-10-15(14)27-18(16)20-17(22)13-8-7-11-21(12-13)28(24,25)4-2/h13H,3-12H2,1-2H3,(H,20,22)/t13-/m1/s1. The van der Waals surface area contributed by atoms with Crippen LogP contribution in [0.15, 0.2) is 0 Å². The van der Waals surface area contributed by atoms with Crippen LogP contribution in [0.2, 0.25) is 0 Å². The highest BCUT2D eigenvalue weighted by atomic mass is 32.2. The molecule has 0 saturated carbocycles. The van der Waals surface area contributed by atoms with E-state index in [-0.39, 0.29) is 24.8 Å². The van der Waals surface area contributed by atoms with Gasteiger partial charge in [-0.25, -0.2) is 17.5 Å². The first-order valence-electron chi connectivity index (χ1n) is 9.97. The van der Waals surface area contributed by atoms with E-state index < -0.39 is 21.9 Å². The molecule has 0 unspecified atom stereocenters. The van der Waals surface area contributed by atoms with E-state index >= 15 is 0 Å². The van der Waals surface area contributed by atoms with Gasteiger partial charge in [-0.1, -0.05) is 0 Å². The minimum Gasteiger partial charge on any atom is -0.462 e. The number of amides is 1. The van der Waals surface area contributed by atoms with Gasteiger partial charge < -0.3 is 10.1 Å². The zero-order valence-electron chi connectivity index (χ0n) is 16.5. The van der Waals surface area contributed by atoms with Gasteiger partial charge in [-0.3, -0.25) is 4.79 Å². The molecule has 1 aliphatic heterocycles. The first-order valence-corrected chi connectivity index (χ1v) is 12.4. The average molecular weight is 429 g/mol. The topological polar surface area (TPSA) is 92.8 Å². The molecule has 28 heavy (non-hydrogen) atoms. The number of ether oxygens (including phenoxy) is 1. The SMILES string of the molecule is CCOC(=O)c1c(NC(=O)[C@@H]2CCCN(S(=O)(=O)CC)C2)sc2c1CCCC2. The van der Waals surface area contributed by atoms with Gasteiger partial charge in [0.25, 0.3) is 0 Å². The molecule has 156 valence electrons. The maximum atomic E-state index is 12.9. The van der Waals surface area contributed by atoms with Gasteiger partial charge in [0.2, 0.25) is 15.9 Å². The van der Waals surface area contributed by atoms with Crippen molar-refractivity contribution in [3.8, 4) is 0 Å². The van der Waals surface area contributed by atoms with Gasteiger partial charge in [0.15, 0.2) is 0 Å². The van der Waals surface area contributed by atoms with Crippen LogP contribution in [0.1, 0.15) is 60.3 Å². The van der Waals surface area contributed by atoms with Crippen LogP contribution in [0.5, 0.6) is 0 Å². The molecule has 7 nitrogen and oxygen atoms in total. The van der Waals surface area contributed by atoms with Crippen LogP contribution in [0.4, 0.5) is 5.00 Å². The van der Waals surface area contributed by atoms with Crippen LogP contribution in [0.25, 0.3) is 0 Å². The molecule has 1 fully saturated rings. The first kappa shape index (κ1) is 21.3. The second kappa shape index (κ2) is 8.92. The summed E-state index contributed by atoms with van der Waals surface area (Å²) in [5, 5.41) is 3.47. The number of fused-ring (bicyclic) bond motifs is 1. The molecule has 2 heterocycles. The third-order valence-corrected chi connectivity index (χ3v) is 8.46. The summed E-state index contributed by atoms with van der Waals surface area (Å²) >= 11 is 1.45. The Kier molecular flexibility index (Phi) is 6.77. The molecule has 0 bridgehead atoms. The van der Waals surface area contributed by atoms with Gasteiger partial charge in [-0.15, -0.1) is 11.3 Å². The van der Waals surface area contributed by atoms with E-state index in [0.29, 0.717) is 30.0 Å². The minimum absolute atomic E-state index is 0.0337. The zero-order chi connectivity index (χ0) is 20.3. The van der Waals surface area contributed by atoms with Crippen molar-refractivity contribution in [3.63, 3.8) is 0 Å². The van der Waals surface area contributed by atoms with Gasteiger partial charge in [0.05, 0.1) is 23.8 Å². The smallest absolute Gasteiger partial charge is 0.341 e. The summed E-state index contributed by atoms with van der Waals surface area (Å²) in [6.45, 7) is 4.31. The number of nitrogens with zero attached hydrogens (tertiary/aromatic N) is 1. The Morgan fingerprint density at radius 2 is 1.96 bits per heavy atom. The molecule has 9 heteroatoms. The van der Waals surface area contributed by atoms with Gasteiger partial charge in [0.1, 0.15) is 5.00 Å². The van der Waals surface area contributed by atoms with Crippen molar-refractivity contribution in [2.24, 2.45) is 5.92 Å². The third-order valence-electron chi connectivity index (χ3n) is 5.40. The minimum atomic E-state index is -3.31. The summed E-state index contributed by atoms with van der Waals surface area (Å²) < 4.78 is 31.0. The fourth-order valence-corrected chi connectivity index (χ4v) is 6.34. The van der Waals surface area contributed by atoms with Crippen molar-refractivity contribution in [2.75, 3.05) is 30.8 Å². The predicted molar refractivity (Wildman–Crippen MR) is 109 cm³/mol. The number of anilines is 1. The number of aryl methyl sites for hydroxylation is 1. The molecule has 1 aliphatic carbocycles. The largest absolute Gasteiger partial charge is 0.462 e. The molecule has 1 amide bonds. The molecule has 1 aromatic heterocycles. The lowest BCUT2D eigenvalue weighted by atomic mass is 9.95. The van der Waals surface area contributed by atoms with Crippen molar-refractivity contribution < 1.29 is 22.7 Å². The monoisotopic (exact) mass is 428 g/mol. The molecule has 1 saturated heterocycles. The number of esters is 1. The molecule has 2 aliphatic rings. The molecular weight excluding hydrogens is 400 g/mol. The van der Waals surface area contributed by atoms with E-state index in [1.54, 1.807) is 13.8 Å². The van der Waals surface area contributed by atoms with Crippen LogP contribution in [-0.2, 0) is 32.4 Å². The number of carbonyl (C=O) groups is 2. The number of sulfonamides is 1. The molecule has 1 N–H and O–H groups in total. The highest BCUT2D eigenvalue weighted by Gasteiger charge is 2.33. The van der Waals surface area contributed by atoms with Crippen molar-refractivity contribution >= 4 is 38.2 Å². The number of hydrogen-bond acceptors (Lipinski definition) is 6. The van der Waals surface area contributed by atoms with E-state index in [0.717, 1.165) is 36.1 Å². The normalized spacial score (nSPS) is 20.4. The summed E-state index contributed by atoms with van der Waals surface area (Å²) in [5.41, 5.74) is 1.49. The third kappa shape index (κ3) is 4.41. The predicted octanol–water partition coefficient (Wildman–Crippen LogP) is 2.80. The number of hydrogen-bond donors (Lipinski definition) is 1. The number of rotatable bonds is 6. The van der Waals surface area contributed by atoms with Crippen molar-refractivity contribution in [1.29, 1.82) is 0 Å². The summed E-state index contributed by atoms with van der Waals surface area (Å²) in [4.78, 5) is 26.6. The van der Waals surface area contributed by atoms with Crippen molar-refractivity contribution in [2.45, 2.75) is 52.4 Å². The molecule has 3 rings (SSSR count). The van der Waals surface area contributed by atoms with Crippen LogP contribution < -0.4 is 5.32 Å². The number of thiophene rings is 1. The molecular formula is C19H28N2O5S2. The molecule has 1 atom stereocenters. The summed E-state index contributed by atoms with van der Waals surface area (Å²) in [6, 6.07) is 0. The maximum Gasteiger partial charge on any atom is 0.341 e. The second-order valence-electron chi connectivity index (χ2n) is 7.22. The molecule has 0 spiro atoms. The highest BCUT2D eigenvalue weighted by Crippen LogP contribution is 2.39. The molecule has 0 aromatic carbocycles. The van der Waals surface area contributed by atoms with E-state index in [9.17, 15) is 18.0 Å². The number of carbonyl (C=O) groups excluding carboxylic acids is 2. The fourth-order valence-electron chi connectivity index (χ4n) is 3.88. The Hall–Kier alpha value is -1.45. The summed E-state index contributed by atoms with van der Waals surface area (Å²) in [6.07, 6.45) is 5.13. The van der Waals surface area contributed by atoms with Crippen molar-refractivity contribution in [3.05, 3.63) is 16.0 Å². The van der Waals surface area contributed by atoms with Crippen molar-refractivity contribution in [1.82, 2.24) is 4.31 Å². The van der Waals surface area contributed by atoms with E-state index in [4.69, 9.17) is 4.74 Å². The number of nitrogens with one attached hydrogen (secondary N) is 1. The van der Waals surface area contributed by atoms with E-state index in [2.05, 4.69) is 5.32 Å². The first-order chi connectivity index (χ1) is 13.4. The molecule has 1 aromatic rings. The van der Waals surface area contributed by atoms with Crippen LogP contribution in [-0.4, -0.2) is 50.0 Å². The Labute approximate surface area is 170 Å². The summed E-state index contributed by atoms with van der Waals surface area (Å²) in [7, 11) is -3.31. The van der Waals surface area contributed by atoms with Crippen LogP contribution in [0.3, 0.4) is 0 Å². The van der Waals surface area contributed by atoms with E-state index in [1.165, 1.54) is 15.6 Å². The molecule has 0 radical (unpaired) electrons. The lowest BCUT2D eigenvalue weighted by molar-refractivity contribution is -0.120.